The third kappa shape index (κ3) is 3.06. The Morgan fingerprint density at radius 1 is 1.36 bits per heavy atom. The average Bonchev–Trinajstić information content (AvgIpc) is 3.07. The van der Waals surface area contributed by atoms with Crippen molar-refractivity contribution in [2.24, 2.45) is 0 Å². The van der Waals surface area contributed by atoms with Gasteiger partial charge < -0.3 is 4.52 Å². The summed E-state index contributed by atoms with van der Waals surface area (Å²) in [5.74, 6) is 1.12. The molecular weight excluding hydrogens is 296 g/mol. The Morgan fingerprint density at radius 2 is 2.14 bits per heavy atom. The maximum Gasteiger partial charge on any atom is 0.280 e. The number of aromatic nitrogens is 1. The van der Waals surface area contributed by atoms with Gasteiger partial charge in [-0.3, -0.25) is 9.69 Å². The van der Waals surface area contributed by atoms with E-state index >= 15 is 0 Å². The van der Waals surface area contributed by atoms with Crippen LogP contribution in [0.25, 0.3) is 0 Å². The molecule has 5 heteroatoms. The van der Waals surface area contributed by atoms with E-state index in [-0.39, 0.29) is 11.0 Å². The van der Waals surface area contributed by atoms with E-state index in [1.54, 1.807) is 6.07 Å². The van der Waals surface area contributed by atoms with E-state index in [1.165, 1.54) is 9.75 Å². The van der Waals surface area contributed by atoms with E-state index in [2.05, 4.69) is 50.0 Å². The zero-order chi connectivity index (χ0) is 15.9. The normalized spacial score (nSPS) is 23.8. The first-order valence-electron chi connectivity index (χ1n) is 7.83. The standard InChI is InChI=1S/C17H24N2O2S/c1-17(2,3)15-6-5-14(22-15)12-9-11(7-8-19(12)4)13-10-16(20)18-21-13/h5-6,10-12H,7-9H2,1-4H3,(H,18,20)/t11-,12+/m1/s1. The number of H-pyrrole nitrogens is 1. The van der Waals surface area contributed by atoms with Crippen molar-refractivity contribution < 1.29 is 4.52 Å². The van der Waals surface area contributed by atoms with Crippen molar-refractivity contribution in [3.63, 3.8) is 0 Å². The molecule has 2 aromatic rings. The van der Waals surface area contributed by atoms with Gasteiger partial charge in [0.25, 0.3) is 5.56 Å². The van der Waals surface area contributed by atoms with Gasteiger partial charge in [-0.05, 0) is 44.0 Å². The van der Waals surface area contributed by atoms with Crippen LogP contribution in [0.3, 0.4) is 0 Å². The molecule has 22 heavy (non-hydrogen) atoms. The van der Waals surface area contributed by atoms with Crippen LogP contribution >= 0.6 is 11.3 Å². The summed E-state index contributed by atoms with van der Waals surface area (Å²) in [6.45, 7) is 7.78. The molecule has 1 fully saturated rings. The summed E-state index contributed by atoms with van der Waals surface area (Å²) in [6.07, 6.45) is 2.03. The Labute approximate surface area is 135 Å². The molecule has 0 saturated carbocycles. The Morgan fingerprint density at radius 3 is 2.73 bits per heavy atom. The number of nitrogens with one attached hydrogen (secondary N) is 1. The average molecular weight is 320 g/mol. The SMILES string of the molecule is CN1CC[C@@H](c2cc(=O)[nH]o2)C[C@H]1c1ccc(C(C)(C)C)s1. The summed E-state index contributed by atoms with van der Waals surface area (Å²) in [4.78, 5) is 16.6. The highest BCUT2D eigenvalue weighted by atomic mass is 32.1. The van der Waals surface area contributed by atoms with E-state index in [0.717, 1.165) is 25.1 Å². The van der Waals surface area contributed by atoms with Gasteiger partial charge in [0, 0.05) is 27.8 Å². The van der Waals surface area contributed by atoms with E-state index in [0.29, 0.717) is 12.0 Å². The van der Waals surface area contributed by atoms with E-state index in [1.807, 2.05) is 11.3 Å². The second-order valence-electron chi connectivity index (χ2n) is 7.28. The molecule has 0 radical (unpaired) electrons. The maximum absolute atomic E-state index is 11.3. The van der Waals surface area contributed by atoms with Crippen molar-refractivity contribution >= 4 is 11.3 Å². The molecule has 0 aromatic carbocycles. The first-order chi connectivity index (χ1) is 10.3. The summed E-state index contributed by atoms with van der Waals surface area (Å²) >= 11 is 1.91. The quantitative estimate of drug-likeness (QED) is 0.913. The molecule has 0 amide bonds. The lowest BCUT2D eigenvalue weighted by atomic mass is 9.88. The zero-order valence-corrected chi connectivity index (χ0v) is 14.5. The van der Waals surface area contributed by atoms with Gasteiger partial charge in [-0.15, -0.1) is 11.3 Å². The van der Waals surface area contributed by atoms with Gasteiger partial charge in [0.05, 0.1) is 0 Å². The Kier molecular flexibility index (Phi) is 4.03. The second-order valence-corrected chi connectivity index (χ2v) is 8.40. The monoisotopic (exact) mass is 320 g/mol. The van der Waals surface area contributed by atoms with Crippen LogP contribution in [0.1, 0.15) is 61.1 Å². The van der Waals surface area contributed by atoms with Crippen LogP contribution < -0.4 is 5.56 Å². The Hall–Kier alpha value is -1.33. The molecular formula is C17H24N2O2S. The predicted octanol–water partition coefficient (Wildman–Crippen LogP) is 3.88. The van der Waals surface area contributed by atoms with Crippen molar-refractivity contribution in [3.05, 3.63) is 44.1 Å². The van der Waals surface area contributed by atoms with Crippen LogP contribution in [0.4, 0.5) is 0 Å². The molecule has 0 spiro atoms. The third-order valence-corrected chi connectivity index (χ3v) is 6.12. The fraction of sp³-hybridized carbons (Fsp3) is 0.588. The highest BCUT2D eigenvalue weighted by Crippen LogP contribution is 2.42. The van der Waals surface area contributed by atoms with Crippen molar-refractivity contribution in [2.45, 2.75) is 51.0 Å². The van der Waals surface area contributed by atoms with Crippen molar-refractivity contribution in [1.82, 2.24) is 10.1 Å². The van der Waals surface area contributed by atoms with Crippen LogP contribution in [-0.4, -0.2) is 23.6 Å². The van der Waals surface area contributed by atoms with E-state index in [9.17, 15) is 4.79 Å². The largest absolute Gasteiger partial charge is 0.383 e. The number of hydrogen-bond donors (Lipinski definition) is 1. The minimum absolute atomic E-state index is 0.142. The minimum atomic E-state index is -0.142. The lowest BCUT2D eigenvalue weighted by molar-refractivity contribution is 0.160. The van der Waals surface area contributed by atoms with Crippen LogP contribution in [-0.2, 0) is 5.41 Å². The number of piperidine rings is 1. The molecule has 1 aliphatic heterocycles. The fourth-order valence-electron chi connectivity index (χ4n) is 3.11. The van der Waals surface area contributed by atoms with Crippen LogP contribution in [0.5, 0.6) is 0 Å². The van der Waals surface area contributed by atoms with Gasteiger partial charge in [0.15, 0.2) is 0 Å². The maximum atomic E-state index is 11.3. The number of thiophene rings is 1. The zero-order valence-electron chi connectivity index (χ0n) is 13.7. The molecule has 4 nitrogen and oxygen atoms in total. The van der Waals surface area contributed by atoms with Gasteiger partial charge >= 0.3 is 0 Å². The first-order valence-corrected chi connectivity index (χ1v) is 8.65. The van der Waals surface area contributed by atoms with Gasteiger partial charge in [0.1, 0.15) is 5.76 Å². The summed E-state index contributed by atoms with van der Waals surface area (Å²) in [6, 6.07) is 6.53. The second kappa shape index (κ2) is 5.70. The number of aromatic amines is 1. The van der Waals surface area contributed by atoms with Gasteiger partial charge in [-0.1, -0.05) is 20.8 Å². The van der Waals surface area contributed by atoms with Crippen molar-refractivity contribution in [3.8, 4) is 0 Å². The summed E-state index contributed by atoms with van der Waals surface area (Å²) in [5, 5.41) is 2.41. The lowest BCUT2D eigenvalue weighted by Gasteiger charge is -2.35. The highest BCUT2D eigenvalue weighted by molar-refractivity contribution is 7.12. The number of likely N-dealkylation sites (tertiary alicyclic amines) is 1. The lowest BCUT2D eigenvalue weighted by Crippen LogP contribution is -2.32. The first kappa shape index (κ1) is 15.6. The molecule has 0 unspecified atom stereocenters. The van der Waals surface area contributed by atoms with E-state index < -0.39 is 0 Å². The molecule has 1 saturated heterocycles. The van der Waals surface area contributed by atoms with Gasteiger partial charge in [-0.25, -0.2) is 0 Å². The topological polar surface area (TPSA) is 49.2 Å². The van der Waals surface area contributed by atoms with Gasteiger partial charge in [-0.2, -0.15) is 5.16 Å². The Bertz CT molecular complexity index is 692. The smallest absolute Gasteiger partial charge is 0.280 e. The number of rotatable bonds is 2. The molecule has 3 heterocycles. The van der Waals surface area contributed by atoms with Crippen molar-refractivity contribution in [1.29, 1.82) is 0 Å². The highest BCUT2D eigenvalue weighted by Gasteiger charge is 2.31. The van der Waals surface area contributed by atoms with Crippen LogP contribution in [0, 0.1) is 0 Å². The van der Waals surface area contributed by atoms with Crippen LogP contribution in [0.2, 0.25) is 0 Å². The molecule has 1 aliphatic rings. The number of hydrogen-bond acceptors (Lipinski definition) is 4. The molecule has 2 aromatic heterocycles. The van der Waals surface area contributed by atoms with Crippen LogP contribution in [0.15, 0.2) is 27.5 Å². The Balaban J connectivity index is 1.82. The third-order valence-electron chi connectivity index (χ3n) is 4.51. The van der Waals surface area contributed by atoms with E-state index in [4.69, 9.17) is 4.52 Å². The van der Waals surface area contributed by atoms with Gasteiger partial charge in [0.2, 0.25) is 0 Å². The summed E-state index contributed by atoms with van der Waals surface area (Å²) in [5.41, 5.74) is 0.0554. The molecule has 3 rings (SSSR count). The predicted molar refractivity (Wildman–Crippen MR) is 89.7 cm³/mol. The minimum Gasteiger partial charge on any atom is -0.383 e. The summed E-state index contributed by atoms with van der Waals surface area (Å²) in [7, 11) is 2.19. The summed E-state index contributed by atoms with van der Waals surface area (Å²) < 4.78 is 5.33. The molecule has 0 bridgehead atoms. The molecule has 120 valence electrons. The molecule has 0 aliphatic carbocycles. The fourth-order valence-corrected chi connectivity index (χ4v) is 4.35. The molecule has 1 N–H and O–H groups in total. The molecule has 2 atom stereocenters. The van der Waals surface area contributed by atoms with Crippen molar-refractivity contribution in [2.75, 3.05) is 13.6 Å². The number of nitrogens with zero attached hydrogens (tertiary/aromatic N) is 1.